The predicted octanol–water partition coefficient (Wildman–Crippen LogP) is 2.17. The lowest BCUT2D eigenvalue weighted by atomic mass is 9.98. The van der Waals surface area contributed by atoms with Crippen molar-refractivity contribution in [3.05, 3.63) is 35.4 Å². The molecule has 0 radical (unpaired) electrons. The van der Waals surface area contributed by atoms with E-state index in [0.717, 1.165) is 19.2 Å². The molecule has 1 aliphatic heterocycles. The van der Waals surface area contributed by atoms with Crippen molar-refractivity contribution in [1.29, 1.82) is 0 Å². The van der Waals surface area contributed by atoms with Gasteiger partial charge in [0.1, 0.15) is 0 Å². The van der Waals surface area contributed by atoms with E-state index in [0.29, 0.717) is 18.6 Å². The molecule has 1 N–H and O–H groups in total. The van der Waals surface area contributed by atoms with Crippen LogP contribution in [0.5, 0.6) is 0 Å². The molecule has 0 saturated carbocycles. The van der Waals surface area contributed by atoms with E-state index in [-0.39, 0.29) is 12.1 Å². The lowest BCUT2D eigenvalue weighted by Gasteiger charge is -2.35. The van der Waals surface area contributed by atoms with Gasteiger partial charge in [-0.3, -0.25) is 0 Å². The molecule has 1 aromatic rings. The number of rotatable bonds is 4. The molecule has 1 aliphatic rings. The first-order valence-electron chi connectivity index (χ1n) is 7.03. The van der Waals surface area contributed by atoms with Crippen LogP contribution in [0.15, 0.2) is 24.3 Å². The minimum absolute atomic E-state index is 0.00349. The second kappa shape index (κ2) is 6.77. The zero-order chi connectivity index (χ0) is 15.5. The van der Waals surface area contributed by atoms with Crippen molar-refractivity contribution in [3.8, 4) is 0 Å². The zero-order valence-electron chi connectivity index (χ0n) is 12.3. The Morgan fingerprint density at radius 2 is 2.19 bits per heavy atom. The molecule has 1 saturated heterocycles. The molecule has 21 heavy (non-hydrogen) atoms. The fraction of sp³-hybridized carbons (Fsp3) is 0.600. The SMILES string of the molecule is CNC(Cc1cccc(C(F)(F)F)c1)C1CN(C)CCO1. The van der Waals surface area contributed by atoms with Crippen LogP contribution in [0.4, 0.5) is 13.2 Å². The zero-order valence-corrected chi connectivity index (χ0v) is 12.3. The van der Waals surface area contributed by atoms with Gasteiger partial charge in [0.2, 0.25) is 0 Å². The average molecular weight is 302 g/mol. The van der Waals surface area contributed by atoms with Crippen LogP contribution in [0, 0.1) is 0 Å². The minimum Gasteiger partial charge on any atom is -0.374 e. The van der Waals surface area contributed by atoms with E-state index in [4.69, 9.17) is 4.74 Å². The topological polar surface area (TPSA) is 24.5 Å². The summed E-state index contributed by atoms with van der Waals surface area (Å²) in [5.74, 6) is 0. The van der Waals surface area contributed by atoms with Gasteiger partial charge >= 0.3 is 6.18 Å². The Labute approximate surface area is 123 Å². The Kier molecular flexibility index (Phi) is 5.24. The van der Waals surface area contributed by atoms with Gasteiger partial charge in [-0.1, -0.05) is 18.2 Å². The van der Waals surface area contributed by atoms with E-state index in [1.807, 2.05) is 14.1 Å². The number of halogens is 3. The fourth-order valence-corrected chi connectivity index (χ4v) is 2.60. The van der Waals surface area contributed by atoms with Crippen LogP contribution in [-0.4, -0.2) is 50.8 Å². The van der Waals surface area contributed by atoms with E-state index in [2.05, 4.69) is 10.2 Å². The van der Waals surface area contributed by atoms with Crippen LogP contribution in [0.3, 0.4) is 0 Å². The predicted molar refractivity (Wildman–Crippen MR) is 75.2 cm³/mol. The number of ether oxygens (including phenoxy) is 1. The Morgan fingerprint density at radius 3 is 2.81 bits per heavy atom. The van der Waals surface area contributed by atoms with Gasteiger partial charge in [-0.05, 0) is 32.1 Å². The number of nitrogens with one attached hydrogen (secondary N) is 1. The van der Waals surface area contributed by atoms with Gasteiger partial charge in [0.05, 0.1) is 18.3 Å². The maximum atomic E-state index is 12.7. The molecule has 118 valence electrons. The molecule has 1 heterocycles. The summed E-state index contributed by atoms with van der Waals surface area (Å²) in [6, 6.07) is 5.50. The summed E-state index contributed by atoms with van der Waals surface area (Å²) in [5.41, 5.74) is 0.0672. The molecule has 2 rings (SSSR count). The lowest BCUT2D eigenvalue weighted by Crippen LogP contribution is -2.51. The summed E-state index contributed by atoms with van der Waals surface area (Å²) in [5, 5.41) is 3.17. The molecule has 6 heteroatoms. The molecule has 0 spiro atoms. The molecule has 1 fully saturated rings. The number of hydrogen-bond acceptors (Lipinski definition) is 3. The van der Waals surface area contributed by atoms with Crippen LogP contribution in [0.2, 0.25) is 0 Å². The average Bonchev–Trinajstić information content (AvgIpc) is 2.44. The normalized spacial score (nSPS) is 22.2. The first kappa shape index (κ1) is 16.3. The lowest BCUT2D eigenvalue weighted by molar-refractivity contribution is -0.137. The van der Waals surface area contributed by atoms with Crippen molar-refractivity contribution in [3.63, 3.8) is 0 Å². The van der Waals surface area contributed by atoms with E-state index < -0.39 is 11.7 Å². The highest BCUT2D eigenvalue weighted by Crippen LogP contribution is 2.29. The molecular formula is C15H21F3N2O. The molecule has 2 unspecified atom stereocenters. The largest absolute Gasteiger partial charge is 0.416 e. The van der Waals surface area contributed by atoms with Crippen molar-refractivity contribution in [1.82, 2.24) is 10.2 Å². The van der Waals surface area contributed by atoms with Gasteiger partial charge < -0.3 is 15.0 Å². The molecule has 1 aromatic carbocycles. The summed E-state index contributed by atoms with van der Waals surface area (Å²) in [4.78, 5) is 2.17. The highest BCUT2D eigenvalue weighted by Gasteiger charge is 2.31. The summed E-state index contributed by atoms with van der Waals surface area (Å²) in [6.45, 7) is 2.32. The molecule has 0 bridgehead atoms. The molecule has 2 atom stereocenters. The first-order chi connectivity index (χ1) is 9.90. The van der Waals surface area contributed by atoms with Crippen LogP contribution in [-0.2, 0) is 17.3 Å². The third kappa shape index (κ3) is 4.43. The van der Waals surface area contributed by atoms with Crippen molar-refractivity contribution < 1.29 is 17.9 Å². The van der Waals surface area contributed by atoms with Crippen molar-refractivity contribution in [2.45, 2.75) is 24.7 Å². The third-order valence-corrected chi connectivity index (χ3v) is 3.83. The number of likely N-dealkylation sites (N-methyl/N-ethyl adjacent to an activating group) is 2. The van der Waals surface area contributed by atoms with Crippen molar-refractivity contribution in [2.75, 3.05) is 33.8 Å². The number of benzene rings is 1. The Balaban J connectivity index is 2.08. The fourth-order valence-electron chi connectivity index (χ4n) is 2.60. The maximum Gasteiger partial charge on any atom is 0.416 e. The smallest absolute Gasteiger partial charge is 0.374 e. The van der Waals surface area contributed by atoms with Crippen LogP contribution in [0.25, 0.3) is 0 Å². The number of morpholine rings is 1. The Bertz CT molecular complexity index is 464. The van der Waals surface area contributed by atoms with E-state index in [9.17, 15) is 13.2 Å². The van der Waals surface area contributed by atoms with Gasteiger partial charge in [0.15, 0.2) is 0 Å². The molecule has 0 amide bonds. The maximum absolute atomic E-state index is 12.7. The highest BCUT2D eigenvalue weighted by atomic mass is 19.4. The van der Waals surface area contributed by atoms with Gasteiger partial charge in [0, 0.05) is 19.1 Å². The van der Waals surface area contributed by atoms with Gasteiger partial charge in [-0.2, -0.15) is 13.2 Å². The van der Waals surface area contributed by atoms with E-state index in [1.165, 1.54) is 12.1 Å². The Morgan fingerprint density at radius 1 is 1.43 bits per heavy atom. The second-order valence-electron chi connectivity index (χ2n) is 5.47. The number of alkyl halides is 3. The first-order valence-corrected chi connectivity index (χ1v) is 7.03. The van der Waals surface area contributed by atoms with Crippen LogP contribution < -0.4 is 5.32 Å². The number of hydrogen-bond donors (Lipinski definition) is 1. The van der Waals surface area contributed by atoms with Crippen LogP contribution >= 0.6 is 0 Å². The van der Waals surface area contributed by atoms with Crippen molar-refractivity contribution >= 4 is 0 Å². The molecular weight excluding hydrogens is 281 g/mol. The van der Waals surface area contributed by atoms with Gasteiger partial charge in [-0.25, -0.2) is 0 Å². The van der Waals surface area contributed by atoms with Crippen LogP contribution in [0.1, 0.15) is 11.1 Å². The summed E-state index contributed by atoms with van der Waals surface area (Å²) >= 11 is 0. The van der Waals surface area contributed by atoms with E-state index >= 15 is 0 Å². The molecule has 0 aromatic heterocycles. The third-order valence-electron chi connectivity index (χ3n) is 3.83. The molecule has 0 aliphatic carbocycles. The monoisotopic (exact) mass is 302 g/mol. The standard InChI is InChI=1S/C15H21F3N2O/c1-19-13(14-10-20(2)6-7-21-14)9-11-4-3-5-12(8-11)15(16,17)18/h3-5,8,13-14,19H,6-7,9-10H2,1-2H3. The van der Waals surface area contributed by atoms with Gasteiger partial charge in [-0.15, -0.1) is 0 Å². The minimum atomic E-state index is -4.30. The number of nitrogens with zero attached hydrogens (tertiary/aromatic N) is 1. The van der Waals surface area contributed by atoms with Gasteiger partial charge in [0.25, 0.3) is 0 Å². The van der Waals surface area contributed by atoms with E-state index in [1.54, 1.807) is 6.07 Å². The summed E-state index contributed by atoms with van der Waals surface area (Å²) in [7, 11) is 3.84. The summed E-state index contributed by atoms with van der Waals surface area (Å²) in [6.07, 6.45) is -3.80. The quantitative estimate of drug-likeness (QED) is 0.922. The summed E-state index contributed by atoms with van der Waals surface area (Å²) < 4.78 is 44.0. The second-order valence-corrected chi connectivity index (χ2v) is 5.47. The molecule has 3 nitrogen and oxygen atoms in total. The Hall–Kier alpha value is -1.11. The van der Waals surface area contributed by atoms with Crippen molar-refractivity contribution in [2.24, 2.45) is 0 Å². The highest BCUT2D eigenvalue weighted by molar-refractivity contribution is 5.26.